The summed E-state index contributed by atoms with van der Waals surface area (Å²) >= 11 is 0. The first-order valence-corrected chi connectivity index (χ1v) is 5.28. The Hall–Kier alpha value is -1.09. The van der Waals surface area contributed by atoms with Crippen LogP contribution in [0.4, 0.5) is 0 Å². The smallest absolute Gasteiger partial charge is 0.0636 e. The standard InChI is InChI=1S/C11H15N3/c1-14-11(4-5-12-14)8-6-9-2-3-10(7-8)13-9/h4-6,9-10,13H,2-3,7H2,1H3. The van der Waals surface area contributed by atoms with E-state index in [4.69, 9.17) is 0 Å². The summed E-state index contributed by atoms with van der Waals surface area (Å²) in [5.41, 5.74) is 2.75. The van der Waals surface area contributed by atoms with Crippen molar-refractivity contribution in [2.75, 3.05) is 0 Å². The number of aromatic nitrogens is 2. The lowest BCUT2D eigenvalue weighted by atomic mass is 10.0. The first-order chi connectivity index (χ1) is 6.83. The van der Waals surface area contributed by atoms with E-state index in [0.717, 1.165) is 6.42 Å². The number of rotatable bonds is 1. The molecular weight excluding hydrogens is 174 g/mol. The zero-order valence-corrected chi connectivity index (χ0v) is 8.40. The lowest BCUT2D eigenvalue weighted by Crippen LogP contribution is -2.32. The van der Waals surface area contributed by atoms with E-state index in [1.165, 1.54) is 24.1 Å². The predicted molar refractivity (Wildman–Crippen MR) is 55.7 cm³/mol. The van der Waals surface area contributed by atoms with E-state index < -0.39 is 0 Å². The third-order valence-electron chi connectivity index (χ3n) is 3.29. The molecule has 0 radical (unpaired) electrons. The quantitative estimate of drug-likeness (QED) is 0.722. The van der Waals surface area contributed by atoms with Gasteiger partial charge < -0.3 is 5.32 Å². The summed E-state index contributed by atoms with van der Waals surface area (Å²) in [6.07, 6.45) is 8.03. The van der Waals surface area contributed by atoms with Gasteiger partial charge in [-0.05, 0) is 30.9 Å². The molecule has 2 bridgehead atoms. The molecule has 0 spiro atoms. The molecule has 0 amide bonds. The zero-order valence-electron chi connectivity index (χ0n) is 8.40. The Balaban J connectivity index is 1.96. The third-order valence-corrected chi connectivity index (χ3v) is 3.29. The van der Waals surface area contributed by atoms with Crippen LogP contribution in [0.25, 0.3) is 5.57 Å². The molecule has 14 heavy (non-hydrogen) atoms. The minimum absolute atomic E-state index is 0.610. The van der Waals surface area contributed by atoms with Crippen LogP contribution in [0.2, 0.25) is 0 Å². The lowest BCUT2D eigenvalue weighted by molar-refractivity contribution is 0.571. The number of fused-ring (bicyclic) bond motifs is 2. The van der Waals surface area contributed by atoms with Crippen molar-refractivity contribution in [2.24, 2.45) is 7.05 Å². The van der Waals surface area contributed by atoms with E-state index in [2.05, 4.69) is 22.6 Å². The Morgan fingerprint density at radius 3 is 3.14 bits per heavy atom. The molecule has 2 unspecified atom stereocenters. The summed E-state index contributed by atoms with van der Waals surface area (Å²) in [5.74, 6) is 0. The number of hydrogen-bond acceptors (Lipinski definition) is 2. The molecule has 3 nitrogen and oxygen atoms in total. The average molecular weight is 189 g/mol. The largest absolute Gasteiger partial charge is 0.307 e. The van der Waals surface area contributed by atoms with Gasteiger partial charge in [0.15, 0.2) is 0 Å². The van der Waals surface area contributed by atoms with Crippen LogP contribution in [0.3, 0.4) is 0 Å². The van der Waals surface area contributed by atoms with Gasteiger partial charge in [-0.2, -0.15) is 5.10 Å². The average Bonchev–Trinajstić information content (AvgIpc) is 2.73. The highest BCUT2D eigenvalue weighted by Gasteiger charge is 2.28. The molecule has 1 aromatic heterocycles. The summed E-state index contributed by atoms with van der Waals surface area (Å²) in [6, 6.07) is 3.42. The van der Waals surface area contributed by atoms with Gasteiger partial charge >= 0.3 is 0 Å². The fourth-order valence-electron chi connectivity index (χ4n) is 2.60. The Labute approximate surface area is 83.8 Å². The minimum Gasteiger partial charge on any atom is -0.307 e. The van der Waals surface area contributed by atoms with Gasteiger partial charge in [0.2, 0.25) is 0 Å². The molecule has 0 saturated carbocycles. The second-order valence-corrected chi connectivity index (χ2v) is 4.28. The van der Waals surface area contributed by atoms with Crippen LogP contribution in [0.1, 0.15) is 25.0 Å². The van der Waals surface area contributed by atoms with Gasteiger partial charge in [0.25, 0.3) is 0 Å². The van der Waals surface area contributed by atoms with E-state index in [0.29, 0.717) is 12.1 Å². The number of nitrogens with zero attached hydrogens (tertiary/aromatic N) is 2. The summed E-state index contributed by atoms with van der Waals surface area (Å²) in [4.78, 5) is 0. The second kappa shape index (κ2) is 2.95. The first kappa shape index (κ1) is 8.24. The maximum Gasteiger partial charge on any atom is 0.0636 e. The van der Waals surface area contributed by atoms with E-state index >= 15 is 0 Å². The molecule has 2 aliphatic heterocycles. The summed E-state index contributed by atoms with van der Waals surface area (Å²) < 4.78 is 1.97. The van der Waals surface area contributed by atoms with Crippen molar-refractivity contribution in [1.82, 2.24) is 15.1 Å². The van der Waals surface area contributed by atoms with Crippen LogP contribution in [0, 0.1) is 0 Å². The first-order valence-electron chi connectivity index (χ1n) is 5.28. The minimum atomic E-state index is 0.610. The van der Waals surface area contributed by atoms with Crippen molar-refractivity contribution >= 4 is 5.57 Å². The fourth-order valence-corrected chi connectivity index (χ4v) is 2.60. The van der Waals surface area contributed by atoms with Crippen LogP contribution in [-0.2, 0) is 7.05 Å². The van der Waals surface area contributed by atoms with Crippen molar-refractivity contribution in [3.05, 3.63) is 24.0 Å². The second-order valence-electron chi connectivity index (χ2n) is 4.28. The predicted octanol–water partition coefficient (Wildman–Crippen LogP) is 1.33. The van der Waals surface area contributed by atoms with Crippen LogP contribution < -0.4 is 5.32 Å². The van der Waals surface area contributed by atoms with Crippen LogP contribution in [-0.4, -0.2) is 21.9 Å². The van der Waals surface area contributed by atoms with E-state index in [9.17, 15) is 0 Å². The maximum atomic E-state index is 4.22. The molecular formula is C11H15N3. The van der Waals surface area contributed by atoms with Gasteiger partial charge in [-0.1, -0.05) is 6.08 Å². The topological polar surface area (TPSA) is 29.9 Å². The monoisotopic (exact) mass is 189 g/mol. The summed E-state index contributed by atoms with van der Waals surface area (Å²) in [5, 5.41) is 7.81. The Bertz CT molecular complexity index is 378. The van der Waals surface area contributed by atoms with E-state index in [1.807, 2.05) is 17.9 Å². The van der Waals surface area contributed by atoms with Gasteiger partial charge in [0.05, 0.1) is 5.69 Å². The molecule has 1 aromatic rings. The molecule has 2 atom stereocenters. The molecule has 1 fully saturated rings. The lowest BCUT2D eigenvalue weighted by Gasteiger charge is -2.21. The van der Waals surface area contributed by atoms with Gasteiger partial charge in [-0.25, -0.2) is 0 Å². The summed E-state index contributed by atoms with van der Waals surface area (Å²) in [7, 11) is 2.01. The van der Waals surface area contributed by atoms with Gasteiger partial charge in [-0.15, -0.1) is 0 Å². The summed E-state index contributed by atoms with van der Waals surface area (Å²) in [6.45, 7) is 0. The molecule has 1 saturated heterocycles. The van der Waals surface area contributed by atoms with E-state index in [1.54, 1.807) is 0 Å². The van der Waals surface area contributed by atoms with Gasteiger partial charge in [0, 0.05) is 25.3 Å². The zero-order chi connectivity index (χ0) is 9.54. The van der Waals surface area contributed by atoms with Crippen molar-refractivity contribution in [2.45, 2.75) is 31.3 Å². The highest BCUT2D eigenvalue weighted by molar-refractivity contribution is 5.65. The van der Waals surface area contributed by atoms with Crippen molar-refractivity contribution < 1.29 is 0 Å². The Morgan fingerprint density at radius 2 is 2.43 bits per heavy atom. The Morgan fingerprint density at radius 1 is 1.50 bits per heavy atom. The van der Waals surface area contributed by atoms with Crippen LogP contribution in [0.5, 0.6) is 0 Å². The van der Waals surface area contributed by atoms with Crippen molar-refractivity contribution in [3.8, 4) is 0 Å². The fraction of sp³-hybridized carbons (Fsp3) is 0.545. The van der Waals surface area contributed by atoms with Gasteiger partial charge in [-0.3, -0.25) is 4.68 Å². The van der Waals surface area contributed by atoms with Crippen LogP contribution >= 0.6 is 0 Å². The molecule has 0 aromatic carbocycles. The molecule has 3 heteroatoms. The normalized spacial score (nSPS) is 30.5. The number of hydrogen-bond donors (Lipinski definition) is 1. The van der Waals surface area contributed by atoms with Crippen LogP contribution in [0.15, 0.2) is 18.3 Å². The van der Waals surface area contributed by atoms with Crippen molar-refractivity contribution in [1.29, 1.82) is 0 Å². The highest BCUT2D eigenvalue weighted by Crippen LogP contribution is 2.31. The van der Waals surface area contributed by atoms with Gasteiger partial charge in [0.1, 0.15) is 0 Å². The molecule has 0 aliphatic carbocycles. The molecule has 74 valence electrons. The van der Waals surface area contributed by atoms with E-state index in [-0.39, 0.29) is 0 Å². The molecule has 1 N–H and O–H groups in total. The third kappa shape index (κ3) is 1.20. The molecule has 3 heterocycles. The maximum absolute atomic E-state index is 4.22. The van der Waals surface area contributed by atoms with Crippen molar-refractivity contribution in [3.63, 3.8) is 0 Å². The SMILES string of the molecule is Cn1nccc1C1=CC2CCC(C1)N2. The highest BCUT2D eigenvalue weighted by atomic mass is 15.3. The number of aryl methyl sites for hydroxylation is 1. The molecule has 2 aliphatic rings. The molecule has 3 rings (SSSR count). The Kier molecular flexibility index (Phi) is 1.74. The number of nitrogens with one attached hydrogen (secondary N) is 1.